The molecule has 0 aliphatic carbocycles. The van der Waals surface area contributed by atoms with Crippen LogP contribution in [0.3, 0.4) is 0 Å². The molecule has 6 heteroatoms. The number of hydrogen-bond donors (Lipinski definition) is 0. The molecule has 27 heavy (non-hydrogen) atoms. The number of hydrogen-bond acceptors (Lipinski definition) is 6. The van der Waals surface area contributed by atoms with Gasteiger partial charge in [0.25, 0.3) is 0 Å². The zero-order valence-electron chi connectivity index (χ0n) is 15.1. The van der Waals surface area contributed by atoms with Gasteiger partial charge in [-0.15, -0.1) is 0 Å². The summed E-state index contributed by atoms with van der Waals surface area (Å²) in [6.45, 7) is 3.42. The van der Waals surface area contributed by atoms with Gasteiger partial charge in [-0.3, -0.25) is 14.9 Å². The maximum Gasteiger partial charge on any atom is 0.232 e. The number of likely N-dealkylation sites (tertiary alicyclic amines) is 1. The van der Waals surface area contributed by atoms with Gasteiger partial charge in [-0.2, -0.15) is 0 Å². The summed E-state index contributed by atoms with van der Waals surface area (Å²) in [6.07, 6.45) is 6.90. The highest BCUT2D eigenvalue weighted by molar-refractivity contribution is 5.78. The molecule has 3 aromatic rings. The van der Waals surface area contributed by atoms with Crippen LogP contribution in [0.1, 0.15) is 18.5 Å². The smallest absolute Gasteiger partial charge is 0.232 e. The molecular formula is C21H22N4O2. The summed E-state index contributed by atoms with van der Waals surface area (Å²) in [5.41, 5.74) is 2.06. The fourth-order valence-electron chi connectivity index (χ4n) is 4.13. The highest BCUT2D eigenvalue weighted by Gasteiger charge is 2.48. The monoisotopic (exact) mass is 362 g/mol. The normalized spacial score (nSPS) is 21.9. The zero-order valence-corrected chi connectivity index (χ0v) is 15.1. The summed E-state index contributed by atoms with van der Waals surface area (Å²) in [5.74, 6) is 0.594. The summed E-state index contributed by atoms with van der Waals surface area (Å²) in [7, 11) is 0. The average Bonchev–Trinajstić information content (AvgIpc) is 2.68. The van der Waals surface area contributed by atoms with E-state index < -0.39 is 0 Å². The van der Waals surface area contributed by atoms with Gasteiger partial charge < -0.3 is 9.47 Å². The molecule has 2 aromatic heterocycles. The van der Waals surface area contributed by atoms with E-state index in [9.17, 15) is 0 Å². The largest absolute Gasteiger partial charge is 0.473 e. The SMILES string of the molecule is c1ccc2nc(CN3CC4(C[C@@H](Oc5cnccn5)CCO4)C3)ccc2c1. The second kappa shape index (κ2) is 6.87. The van der Waals surface area contributed by atoms with Crippen LogP contribution < -0.4 is 4.74 Å². The van der Waals surface area contributed by atoms with Crippen LogP contribution in [0.4, 0.5) is 0 Å². The van der Waals surface area contributed by atoms with Crippen molar-refractivity contribution in [1.29, 1.82) is 0 Å². The zero-order chi connectivity index (χ0) is 18.1. The molecule has 0 bridgehead atoms. The van der Waals surface area contributed by atoms with Crippen LogP contribution in [0.15, 0.2) is 55.0 Å². The standard InChI is InChI=1S/C21H22N4O2/c1-2-4-19-16(3-1)5-6-17(24-19)13-25-14-21(15-25)11-18(7-10-26-21)27-20-12-22-8-9-23-20/h1-6,8-9,12,18H,7,10-11,13-15H2/t18-/m0/s1. The lowest BCUT2D eigenvalue weighted by Crippen LogP contribution is -2.65. The Hall–Kier alpha value is -2.57. The summed E-state index contributed by atoms with van der Waals surface area (Å²) in [5, 5.41) is 1.18. The molecule has 6 nitrogen and oxygen atoms in total. The van der Waals surface area contributed by atoms with Crippen LogP contribution in [0.25, 0.3) is 10.9 Å². The number of para-hydroxylation sites is 1. The van der Waals surface area contributed by atoms with E-state index in [4.69, 9.17) is 14.5 Å². The number of rotatable bonds is 4. The number of ether oxygens (including phenoxy) is 2. The van der Waals surface area contributed by atoms with Gasteiger partial charge in [0.05, 0.1) is 29.6 Å². The molecule has 138 valence electrons. The molecule has 0 amide bonds. The first-order valence-electron chi connectivity index (χ1n) is 9.42. The minimum absolute atomic E-state index is 0.0953. The number of nitrogens with zero attached hydrogens (tertiary/aromatic N) is 4. The Morgan fingerprint density at radius 1 is 1.15 bits per heavy atom. The first-order valence-corrected chi connectivity index (χ1v) is 9.42. The van der Waals surface area contributed by atoms with E-state index in [0.29, 0.717) is 5.88 Å². The second-order valence-corrected chi connectivity index (χ2v) is 7.45. The van der Waals surface area contributed by atoms with E-state index in [0.717, 1.165) is 50.3 Å². The van der Waals surface area contributed by atoms with Crippen LogP contribution in [0.2, 0.25) is 0 Å². The van der Waals surface area contributed by atoms with Crippen LogP contribution in [0, 0.1) is 0 Å². The van der Waals surface area contributed by atoms with E-state index in [1.807, 2.05) is 12.1 Å². The Balaban J connectivity index is 1.20. The molecule has 2 aliphatic heterocycles. The van der Waals surface area contributed by atoms with Crippen molar-refractivity contribution in [2.45, 2.75) is 31.1 Å². The van der Waals surface area contributed by atoms with Gasteiger partial charge in [0, 0.05) is 50.3 Å². The lowest BCUT2D eigenvalue weighted by atomic mass is 9.84. The lowest BCUT2D eigenvalue weighted by molar-refractivity contribution is -0.188. The Kier molecular flexibility index (Phi) is 4.22. The highest BCUT2D eigenvalue weighted by Crippen LogP contribution is 2.36. The fraction of sp³-hybridized carbons (Fsp3) is 0.381. The van der Waals surface area contributed by atoms with Crippen molar-refractivity contribution in [3.05, 3.63) is 60.7 Å². The second-order valence-electron chi connectivity index (χ2n) is 7.45. The third kappa shape index (κ3) is 3.50. The van der Waals surface area contributed by atoms with Crippen LogP contribution in [-0.2, 0) is 11.3 Å². The van der Waals surface area contributed by atoms with E-state index in [2.05, 4.69) is 39.1 Å². The molecule has 0 radical (unpaired) electrons. The van der Waals surface area contributed by atoms with Gasteiger partial charge in [-0.1, -0.05) is 24.3 Å². The van der Waals surface area contributed by atoms with E-state index in [1.165, 1.54) is 5.39 Å². The fourth-order valence-corrected chi connectivity index (χ4v) is 4.13. The Morgan fingerprint density at radius 2 is 2.07 bits per heavy atom. The molecule has 2 fully saturated rings. The first-order chi connectivity index (χ1) is 13.3. The third-order valence-corrected chi connectivity index (χ3v) is 5.34. The summed E-state index contributed by atoms with van der Waals surface area (Å²) >= 11 is 0. The molecule has 4 heterocycles. The van der Waals surface area contributed by atoms with Gasteiger partial charge in [-0.25, -0.2) is 4.98 Å². The number of pyridine rings is 1. The van der Waals surface area contributed by atoms with E-state index >= 15 is 0 Å². The quantitative estimate of drug-likeness (QED) is 0.711. The lowest BCUT2D eigenvalue weighted by Gasteiger charge is -2.52. The molecular weight excluding hydrogens is 340 g/mol. The molecule has 1 spiro atoms. The Labute approximate surface area is 158 Å². The summed E-state index contributed by atoms with van der Waals surface area (Å²) in [4.78, 5) is 15.5. The molecule has 2 aliphatic rings. The minimum Gasteiger partial charge on any atom is -0.473 e. The van der Waals surface area contributed by atoms with Gasteiger partial charge >= 0.3 is 0 Å². The summed E-state index contributed by atoms with van der Waals surface area (Å²) in [6, 6.07) is 12.5. The van der Waals surface area contributed by atoms with Gasteiger partial charge in [-0.05, 0) is 12.1 Å². The van der Waals surface area contributed by atoms with E-state index in [1.54, 1.807) is 18.6 Å². The van der Waals surface area contributed by atoms with Crippen molar-refractivity contribution in [3.63, 3.8) is 0 Å². The van der Waals surface area contributed by atoms with Gasteiger partial charge in [0.1, 0.15) is 6.10 Å². The van der Waals surface area contributed by atoms with Crippen molar-refractivity contribution in [2.75, 3.05) is 19.7 Å². The molecule has 0 N–H and O–H groups in total. The number of fused-ring (bicyclic) bond motifs is 1. The predicted octanol–water partition coefficient (Wildman–Crippen LogP) is 2.84. The molecule has 0 unspecified atom stereocenters. The van der Waals surface area contributed by atoms with Gasteiger partial charge in [0.2, 0.25) is 5.88 Å². The maximum atomic E-state index is 6.13. The minimum atomic E-state index is -0.0953. The molecule has 1 atom stereocenters. The average molecular weight is 362 g/mol. The van der Waals surface area contributed by atoms with Crippen molar-refractivity contribution in [1.82, 2.24) is 19.9 Å². The molecule has 1 aromatic carbocycles. The van der Waals surface area contributed by atoms with Gasteiger partial charge in [0.15, 0.2) is 0 Å². The Bertz CT molecular complexity index is 928. The first kappa shape index (κ1) is 16.6. The topological polar surface area (TPSA) is 60.4 Å². The number of aromatic nitrogens is 3. The Morgan fingerprint density at radius 3 is 2.96 bits per heavy atom. The van der Waals surface area contributed by atoms with Crippen LogP contribution in [0.5, 0.6) is 5.88 Å². The van der Waals surface area contributed by atoms with Crippen molar-refractivity contribution in [3.8, 4) is 5.88 Å². The van der Waals surface area contributed by atoms with Crippen LogP contribution in [-0.4, -0.2) is 51.3 Å². The molecule has 0 saturated carbocycles. The van der Waals surface area contributed by atoms with Crippen molar-refractivity contribution >= 4 is 10.9 Å². The predicted molar refractivity (Wildman–Crippen MR) is 101 cm³/mol. The van der Waals surface area contributed by atoms with Crippen molar-refractivity contribution in [2.24, 2.45) is 0 Å². The molecule has 2 saturated heterocycles. The third-order valence-electron chi connectivity index (χ3n) is 5.34. The van der Waals surface area contributed by atoms with E-state index in [-0.39, 0.29) is 11.7 Å². The summed E-state index contributed by atoms with van der Waals surface area (Å²) < 4.78 is 12.1. The molecule has 5 rings (SSSR count). The maximum absolute atomic E-state index is 6.13. The highest BCUT2D eigenvalue weighted by atomic mass is 16.5. The van der Waals surface area contributed by atoms with Crippen molar-refractivity contribution < 1.29 is 9.47 Å². The van der Waals surface area contributed by atoms with Crippen LogP contribution >= 0.6 is 0 Å². The number of benzene rings is 1.